The fraction of sp³-hybridized carbons (Fsp3) is 0.318. The third-order valence-corrected chi connectivity index (χ3v) is 14.3. The molecule has 0 bridgehead atoms. The molecular weight excluding hydrogens is 853 g/mol. The van der Waals surface area contributed by atoms with Gasteiger partial charge in [0.15, 0.2) is 0 Å². The quantitative estimate of drug-likeness (QED) is 0.156. The van der Waals surface area contributed by atoms with E-state index in [9.17, 15) is 39.0 Å². The van der Waals surface area contributed by atoms with Crippen molar-refractivity contribution in [2.45, 2.75) is 59.1 Å². The number of hydrogen-bond acceptors (Lipinski definition) is 12. The third kappa shape index (κ3) is 14.4. The molecule has 0 spiro atoms. The van der Waals surface area contributed by atoms with E-state index in [4.69, 9.17) is 0 Å². The van der Waals surface area contributed by atoms with Gasteiger partial charge in [0.2, 0.25) is 22.0 Å². The number of likely N-dealkylation sites (tertiary alicyclic amines) is 2. The number of carboxylic acid groups (broad SMARTS) is 2. The monoisotopic (exact) mass is 896 g/mol. The predicted molar refractivity (Wildman–Crippen MR) is 233 cm³/mol. The van der Waals surface area contributed by atoms with Crippen molar-refractivity contribution in [3.63, 3.8) is 0 Å². The number of carbonyl (C=O) groups is 6. The maximum Gasteiger partial charge on any atom is 2.00 e. The maximum atomic E-state index is 12.9. The summed E-state index contributed by atoms with van der Waals surface area (Å²) >= 11 is 5.32. The van der Waals surface area contributed by atoms with E-state index in [1.165, 1.54) is 9.80 Å². The smallest absolute Gasteiger partial charge is 0.548 e. The van der Waals surface area contributed by atoms with E-state index in [2.05, 4.69) is 0 Å². The number of hydrogen-bond donors (Lipinski definition) is 0. The number of nitrogens with zero attached hydrogens (tertiary/aromatic N) is 2. The average Bonchev–Trinajstić information content (AvgIpc) is 3.87. The summed E-state index contributed by atoms with van der Waals surface area (Å²) in [5.74, 6) is -3.26. The molecule has 2 heterocycles. The van der Waals surface area contributed by atoms with E-state index in [-0.39, 0.29) is 70.3 Å². The van der Waals surface area contributed by atoms with E-state index in [1.807, 2.05) is 72.8 Å². The average molecular weight is 897 g/mol. The summed E-state index contributed by atoms with van der Waals surface area (Å²) in [7, 11) is 0. The first-order valence-corrected chi connectivity index (χ1v) is 22.5. The summed E-state index contributed by atoms with van der Waals surface area (Å²) in [5.41, 5.74) is 1.18. The number of carboxylic acids is 2. The number of amides is 2. The Labute approximate surface area is 392 Å². The van der Waals surface area contributed by atoms with Crippen molar-refractivity contribution in [1.82, 2.24) is 9.80 Å². The molecule has 2 saturated heterocycles. The molecule has 0 radical (unpaired) electrons. The number of carbonyl (C=O) groups excluding carboxylic acids is 6. The first kappa shape index (κ1) is 48.4. The molecule has 0 saturated carbocycles. The first-order valence-electron chi connectivity index (χ1n) is 18.8. The van der Waals surface area contributed by atoms with E-state index >= 15 is 0 Å². The molecule has 6 rings (SSSR count). The molecule has 6 atom stereocenters. The van der Waals surface area contributed by atoms with Gasteiger partial charge in [0, 0.05) is 67.8 Å². The van der Waals surface area contributed by atoms with Crippen LogP contribution in [-0.4, -0.2) is 129 Å². The molecule has 2 aliphatic rings. The van der Waals surface area contributed by atoms with Crippen molar-refractivity contribution in [3.05, 3.63) is 132 Å². The van der Waals surface area contributed by atoms with Crippen molar-refractivity contribution in [3.8, 4) is 0 Å². The summed E-state index contributed by atoms with van der Waals surface area (Å²) in [4.78, 5) is 78.5. The number of rotatable bonds is 14. The first-order chi connectivity index (χ1) is 27.9. The predicted octanol–water partition coefficient (Wildman–Crippen LogP) is 5.03. The van der Waals surface area contributed by atoms with E-state index in [1.54, 1.807) is 85.9 Å². The Morgan fingerprint density at radius 1 is 0.542 bits per heavy atom. The fourth-order valence-electron chi connectivity index (χ4n) is 6.51. The SMILES string of the molecule is CC(CSC(=O)c1ccccc1)C(=O)N1C[C@@H](Sc2ccccc2)C[C@H]1C(=O)[O-].CC(CSC(=O)c1ccccc1)C(=O)N1C[C@@H](Sc2ccccc2)C[C@H]1C(=O)[O-].[Ca+2]. The van der Waals surface area contributed by atoms with Crippen LogP contribution in [0.1, 0.15) is 47.4 Å². The van der Waals surface area contributed by atoms with Gasteiger partial charge in [-0.2, -0.15) is 0 Å². The van der Waals surface area contributed by atoms with Crippen molar-refractivity contribution in [2.24, 2.45) is 11.8 Å². The van der Waals surface area contributed by atoms with Gasteiger partial charge in [-0.1, -0.05) is 134 Å². The second kappa shape index (κ2) is 24.3. The second-order valence-corrected chi connectivity index (χ2v) is 18.7. The van der Waals surface area contributed by atoms with Crippen LogP contribution in [0.3, 0.4) is 0 Å². The van der Waals surface area contributed by atoms with Gasteiger partial charge in [-0.25, -0.2) is 0 Å². The molecule has 304 valence electrons. The van der Waals surface area contributed by atoms with Crippen LogP contribution in [0.25, 0.3) is 0 Å². The molecule has 10 nitrogen and oxygen atoms in total. The van der Waals surface area contributed by atoms with Gasteiger partial charge in [-0.05, 0) is 37.1 Å². The number of benzene rings is 4. The third-order valence-electron chi connectivity index (χ3n) is 9.52. The molecule has 2 unspecified atom stereocenters. The van der Waals surface area contributed by atoms with Crippen LogP contribution in [-0.2, 0) is 19.2 Å². The normalized spacial score (nSPS) is 19.4. The van der Waals surface area contributed by atoms with Crippen LogP contribution in [0.2, 0.25) is 0 Å². The molecule has 2 fully saturated rings. The number of aliphatic carboxylic acids is 2. The molecule has 59 heavy (non-hydrogen) atoms. The molecule has 4 aromatic carbocycles. The zero-order valence-electron chi connectivity index (χ0n) is 32.8. The standard InChI is InChI=1S/2C22H23NO4S2.Ca/c2*1-15(14-28-22(27)16-8-4-2-5-9-16)20(24)23-13-18(12-19(23)21(25)26)29-17-10-6-3-7-11-17;/h2*2-11,15,18-19H,12-14H2,1H3,(H,25,26);/q;;+2/p-2/t2*15?,18-,19-;/m00./s1. The molecule has 0 aromatic heterocycles. The maximum absolute atomic E-state index is 12.9. The summed E-state index contributed by atoms with van der Waals surface area (Å²) in [5, 5.41) is 23.0. The topological polar surface area (TPSA) is 155 Å². The minimum absolute atomic E-state index is 0. The molecule has 15 heteroatoms. The van der Waals surface area contributed by atoms with Crippen molar-refractivity contribution in [2.75, 3.05) is 24.6 Å². The Kier molecular flexibility index (Phi) is 19.9. The zero-order valence-corrected chi connectivity index (χ0v) is 38.2. The van der Waals surface area contributed by atoms with Crippen molar-refractivity contribution >= 4 is 119 Å². The van der Waals surface area contributed by atoms with E-state index in [0.717, 1.165) is 33.3 Å². The summed E-state index contributed by atoms with van der Waals surface area (Å²) in [6.07, 6.45) is 0.715. The van der Waals surface area contributed by atoms with Gasteiger partial charge in [0.05, 0.1) is 24.0 Å². The van der Waals surface area contributed by atoms with Crippen LogP contribution in [0, 0.1) is 11.8 Å². The van der Waals surface area contributed by atoms with E-state index < -0.39 is 35.9 Å². The van der Waals surface area contributed by atoms with Crippen LogP contribution in [0.15, 0.2) is 131 Å². The number of thioether (sulfide) groups is 4. The van der Waals surface area contributed by atoms with Crippen molar-refractivity contribution in [1.29, 1.82) is 0 Å². The molecule has 0 aliphatic carbocycles. The Morgan fingerprint density at radius 3 is 1.15 bits per heavy atom. The summed E-state index contributed by atoms with van der Waals surface area (Å²) in [6.45, 7) is 4.19. The largest absolute Gasteiger partial charge is 2.00 e. The van der Waals surface area contributed by atoms with Gasteiger partial charge in [0.25, 0.3) is 0 Å². The molecule has 4 aromatic rings. The van der Waals surface area contributed by atoms with Crippen LogP contribution >= 0.6 is 47.0 Å². The van der Waals surface area contributed by atoms with Crippen molar-refractivity contribution < 1.29 is 39.0 Å². The minimum atomic E-state index is -1.23. The van der Waals surface area contributed by atoms with Crippen LogP contribution in [0.4, 0.5) is 0 Å². The Morgan fingerprint density at radius 2 is 0.847 bits per heavy atom. The van der Waals surface area contributed by atoms with Crippen LogP contribution < -0.4 is 10.2 Å². The molecule has 2 amide bonds. The minimum Gasteiger partial charge on any atom is -0.548 e. The molecular formula is C44H44CaN2O8S4. The molecule has 2 aliphatic heterocycles. The Bertz CT molecular complexity index is 1870. The van der Waals surface area contributed by atoms with Gasteiger partial charge >= 0.3 is 37.7 Å². The van der Waals surface area contributed by atoms with Gasteiger partial charge < -0.3 is 29.6 Å². The van der Waals surface area contributed by atoms with E-state index in [0.29, 0.717) is 48.6 Å². The summed E-state index contributed by atoms with van der Waals surface area (Å²) in [6, 6.07) is 35.4. The Balaban J connectivity index is 0.000000256. The Hall–Kier alpha value is -3.24. The van der Waals surface area contributed by atoms with Gasteiger partial charge in [-0.15, -0.1) is 23.5 Å². The van der Waals surface area contributed by atoms with Gasteiger partial charge in [-0.3, -0.25) is 19.2 Å². The summed E-state index contributed by atoms with van der Waals surface area (Å²) < 4.78 is 0. The second-order valence-electron chi connectivity index (χ2n) is 14.0. The van der Waals surface area contributed by atoms with Crippen LogP contribution in [0.5, 0.6) is 0 Å². The zero-order chi connectivity index (χ0) is 41.6. The van der Waals surface area contributed by atoms with Gasteiger partial charge in [0.1, 0.15) is 0 Å². The fourth-order valence-corrected chi connectivity index (χ4v) is 10.6. The molecule has 0 N–H and O–H groups in total.